The molecular weight excluding hydrogens is 246 g/mol. The maximum absolute atomic E-state index is 11.7. The number of carbonyl (C=O) groups is 2. The number of hydrogen-bond acceptors (Lipinski definition) is 3. The number of amides is 1. The second-order valence-corrected chi connectivity index (χ2v) is 3.92. The van der Waals surface area contributed by atoms with Crippen LogP contribution in [0.3, 0.4) is 0 Å². The summed E-state index contributed by atoms with van der Waals surface area (Å²) in [5.41, 5.74) is 0.168. The minimum Gasteiger partial charge on any atom is -0.480 e. The zero-order valence-corrected chi connectivity index (χ0v) is 9.81. The molecule has 0 unspecified atom stereocenters. The SMILES string of the molecule is C[C@@H](O)[C@@H](NC(=O)c1ccccc1Cl)C(=O)O. The van der Waals surface area contributed by atoms with E-state index in [4.69, 9.17) is 16.7 Å². The summed E-state index contributed by atoms with van der Waals surface area (Å²) in [7, 11) is 0. The Balaban J connectivity index is 2.85. The third-order valence-corrected chi connectivity index (χ3v) is 2.48. The van der Waals surface area contributed by atoms with Crippen molar-refractivity contribution in [1.82, 2.24) is 5.32 Å². The number of rotatable bonds is 4. The van der Waals surface area contributed by atoms with Gasteiger partial charge >= 0.3 is 5.97 Å². The summed E-state index contributed by atoms with van der Waals surface area (Å²) >= 11 is 5.79. The van der Waals surface area contributed by atoms with E-state index in [2.05, 4.69) is 5.32 Å². The number of carboxylic acids is 1. The lowest BCUT2D eigenvalue weighted by Gasteiger charge is -2.17. The van der Waals surface area contributed by atoms with Crippen molar-refractivity contribution >= 4 is 23.5 Å². The van der Waals surface area contributed by atoms with Crippen molar-refractivity contribution in [2.45, 2.75) is 19.1 Å². The fourth-order valence-corrected chi connectivity index (χ4v) is 1.47. The van der Waals surface area contributed by atoms with Gasteiger partial charge in [-0.25, -0.2) is 4.79 Å². The maximum Gasteiger partial charge on any atom is 0.328 e. The highest BCUT2D eigenvalue weighted by Crippen LogP contribution is 2.14. The number of benzene rings is 1. The van der Waals surface area contributed by atoms with E-state index in [9.17, 15) is 14.7 Å². The Kier molecular flexibility index (Phi) is 4.48. The molecule has 0 heterocycles. The molecule has 2 atom stereocenters. The molecule has 0 aromatic heterocycles. The van der Waals surface area contributed by atoms with E-state index >= 15 is 0 Å². The van der Waals surface area contributed by atoms with Crippen molar-refractivity contribution in [3.05, 3.63) is 34.9 Å². The van der Waals surface area contributed by atoms with Crippen LogP contribution in [0.5, 0.6) is 0 Å². The van der Waals surface area contributed by atoms with Gasteiger partial charge in [-0.15, -0.1) is 0 Å². The monoisotopic (exact) mass is 257 g/mol. The zero-order valence-electron chi connectivity index (χ0n) is 9.05. The van der Waals surface area contributed by atoms with E-state index in [1.54, 1.807) is 12.1 Å². The standard InChI is InChI=1S/C11H12ClNO4/c1-6(14)9(11(16)17)13-10(15)7-4-2-3-5-8(7)12/h2-6,9,14H,1H3,(H,13,15)(H,16,17)/t6-,9-/m1/s1. The zero-order chi connectivity index (χ0) is 13.0. The number of aliphatic hydroxyl groups excluding tert-OH is 1. The molecule has 0 radical (unpaired) electrons. The number of nitrogens with one attached hydrogen (secondary N) is 1. The van der Waals surface area contributed by atoms with Gasteiger partial charge in [0.25, 0.3) is 5.91 Å². The van der Waals surface area contributed by atoms with Gasteiger partial charge in [0, 0.05) is 0 Å². The highest BCUT2D eigenvalue weighted by atomic mass is 35.5. The van der Waals surface area contributed by atoms with Gasteiger partial charge in [-0.1, -0.05) is 23.7 Å². The van der Waals surface area contributed by atoms with Gasteiger partial charge in [-0.05, 0) is 19.1 Å². The molecule has 1 amide bonds. The van der Waals surface area contributed by atoms with E-state index < -0.39 is 24.0 Å². The number of hydrogen-bond donors (Lipinski definition) is 3. The number of aliphatic carboxylic acids is 1. The van der Waals surface area contributed by atoms with Crippen LogP contribution in [0, 0.1) is 0 Å². The molecule has 0 saturated carbocycles. The molecule has 1 rings (SSSR count). The number of carbonyl (C=O) groups excluding carboxylic acids is 1. The predicted octanol–water partition coefficient (Wildman–Crippen LogP) is 0.904. The number of carboxylic acid groups (broad SMARTS) is 1. The average molecular weight is 258 g/mol. The Bertz CT molecular complexity index is 433. The molecule has 0 aliphatic carbocycles. The minimum absolute atomic E-state index is 0.168. The Hall–Kier alpha value is -1.59. The first kappa shape index (κ1) is 13.5. The van der Waals surface area contributed by atoms with Crippen LogP contribution in [0.15, 0.2) is 24.3 Å². The van der Waals surface area contributed by atoms with Gasteiger partial charge in [-0.3, -0.25) is 4.79 Å². The van der Waals surface area contributed by atoms with Crippen LogP contribution < -0.4 is 5.32 Å². The van der Waals surface area contributed by atoms with Gasteiger partial charge in [-0.2, -0.15) is 0 Å². The minimum atomic E-state index is -1.36. The van der Waals surface area contributed by atoms with Crippen molar-refractivity contribution in [2.75, 3.05) is 0 Å². The van der Waals surface area contributed by atoms with Crippen LogP contribution in [0.4, 0.5) is 0 Å². The molecule has 17 heavy (non-hydrogen) atoms. The summed E-state index contributed by atoms with van der Waals surface area (Å²) in [5, 5.41) is 20.4. The molecular formula is C11H12ClNO4. The van der Waals surface area contributed by atoms with Crippen LogP contribution in [0.1, 0.15) is 17.3 Å². The lowest BCUT2D eigenvalue weighted by Crippen LogP contribution is -2.47. The molecule has 0 aliphatic heterocycles. The van der Waals surface area contributed by atoms with Gasteiger partial charge in [0.1, 0.15) is 0 Å². The van der Waals surface area contributed by atoms with Gasteiger partial charge in [0.05, 0.1) is 16.7 Å². The van der Waals surface area contributed by atoms with Crippen LogP contribution >= 0.6 is 11.6 Å². The highest BCUT2D eigenvalue weighted by molar-refractivity contribution is 6.33. The largest absolute Gasteiger partial charge is 0.480 e. The second-order valence-electron chi connectivity index (χ2n) is 3.51. The first-order valence-electron chi connectivity index (χ1n) is 4.89. The fourth-order valence-electron chi connectivity index (χ4n) is 1.25. The first-order valence-corrected chi connectivity index (χ1v) is 5.27. The predicted molar refractivity (Wildman–Crippen MR) is 62.0 cm³/mol. The van der Waals surface area contributed by atoms with Gasteiger partial charge in [0.15, 0.2) is 6.04 Å². The molecule has 92 valence electrons. The Morgan fingerprint density at radius 1 is 1.35 bits per heavy atom. The second kappa shape index (κ2) is 5.65. The number of aliphatic hydroxyl groups is 1. The third-order valence-electron chi connectivity index (χ3n) is 2.15. The molecule has 5 nitrogen and oxygen atoms in total. The van der Waals surface area contributed by atoms with E-state index in [1.165, 1.54) is 19.1 Å². The van der Waals surface area contributed by atoms with E-state index in [0.717, 1.165) is 0 Å². The van der Waals surface area contributed by atoms with Crippen molar-refractivity contribution < 1.29 is 19.8 Å². The first-order chi connectivity index (χ1) is 7.93. The van der Waals surface area contributed by atoms with Crippen LogP contribution in [-0.4, -0.2) is 34.2 Å². The summed E-state index contributed by atoms with van der Waals surface area (Å²) in [6.45, 7) is 1.28. The molecule has 0 fully saturated rings. The van der Waals surface area contributed by atoms with Crippen molar-refractivity contribution in [3.63, 3.8) is 0 Å². The van der Waals surface area contributed by atoms with E-state index in [-0.39, 0.29) is 10.6 Å². The summed E-state index contributed by atoms with van der Waals surface area (Å²) in [6, 6.07) is 4.90. The van der Waals surface area contributed by atoms with Crippen molar-refractivity contribution in [1.29, 1.82) is 0 Å². The van der Waals surface area contributed by atoms with Crippen LogP contribution in [-0.2, 0) is 4.79 Å². The Labute approximate surface area is 103 Å². The van der Waals surface area contributed by atoms with Gasteiger partial charge < -0.3 is 15.5 Å². The smallest absolute Gasteiger partial charge is 0.328 e. The molecule has 0 spiro atoms. The quantitative estimate of drug-likeness (QED) is 0.748. The normalized spacial score (nSPS) is 13.8. The molecule has 0 bridgehead atoms. The highest BCUT2D eigenvalue weighted by Gasteiger charge is 2.25. The number of halogens is 1. The third kappa shape index (κ3) is 3.44. The average Bonchev–Trinajstić information content (AvgIpc) is 2.25. The Morgan fingerprint density at radius 2 is 1.94 bits per heavy atom. The van der Waals surface area contributed by atoms with Crippen LogP contribution in [0.25, 0.3) is 0 Å². The van der Waals surface area contributed by atoms with Crippen molar-refractivity contribution in [3.8, 4) is 0 Å². The summed E-state index contributed by atoms with van der Waals surface area (Å²) in [6.07, 6.45) is -1.20. The molecule has 0 saturated heterocycles. The summed E-state index contributed by atoms with van der Waals surface area (Å²) in [5.74, 6) is -1.94. The van der Waals surface area contributed by atoms with Crippen molar-refractivity contribution in [2.24, 2.45) is 0 Å². The Morgan fingerprint density at radius 3 is 2.41 bits per heavy atom. The van der Waals surface area contributed by atoms with E-state index in [0.29, 0.717) is 0 Å². The molecule has 1 aromatic carbocycles. The van der Waals surface area contributed by atoms with Crippen LogP contribution in [0.2, 0.25) is 5.02 Å². The molecule has 3 N–H and O–H groups in total. The fraction of sp³-hybridized carbons (Fsp3) is 0.273. The summed E-state index contributed by atoms with van der Waals surface area (Å²) < 4.78 is 0. The van der Waals surface area contributed by atoms with E-state index in [1.807, 2.05) is 0 Å². The summed E-state index contributed by atoms with van der Waals surface area (Å²) in [4.78, 5) is 22.5. The topological polar surface area (TPSA) is 86.6 Å². The van der Waals surface area contributed by atoms with Gasteiger partial charge in [0.2, 0.25) is 0 Å². The molecule has 1 aromatic rings. The molecule has 0 aliphatic rings. The molecule has 6 heteroatoms. The lowest BCUT2D eigenvalue weighted by molar-refractivity contribution is -0.141. The maximum atomic E-state index is 11.7. The lowest BCUT2D eigenvalue weighted by atomic mass is 10.1.